The van der Waals surface area contributed by atoms with Gasteiger partial charge < -0.3 is 10.1 Å². The molecule has 2 aromatic heterocycles. The van der Waals surface area contributed by atoms with E-state index in [1.165, 1.54) is 26.0 Å². The number of nitrogens with zero attached hydrogens (tertiary/aromatic N) is 2. The molecule has 1 saturated carbocycles. The summed E-state index contributed by atoms with van der Waals surface area (Å²) < 4.78 is 45.1. The Hall–Kier alpha value is -1.99. The molecule has 168 valence electrons. The Bertz CT molecular complexity index is 881. The molecule has 1 atom stereocenters. The van der Waals surface area contributed by atoms with Gasteiger partial charge in [-0.2, -0.15) is 13.2 Å². The molecule has 0 radical (unpaired) electrons. The zero-order chi connectivity index (χ0) is 22.0. The van der Waals surface area contributed by atoms with E-state index in [4.69, 9.17) is 9.72 Å². The molecule has 1 aliphatic heterocycles. The summed E-state index contributed by atoms with van der Waals surface area (Å²) in [7, 11) is 0. The number of halogens is 3. The second-order valence-corrected chi connectivity index (χ2v) is 9.09. The van der Waals surface area contributed by atoms with Crippen LogP contribution in [0.2, 0.25) is 0 Å². The first kappa shape index (κ1) is 22.2. The summed E-state index contributed by atoms with van der Waals surface area (Å²) in [5.41, 5.74) is 1.17. The first-order valence-electron chi connectivity index (χ1n) is 11.1. The quantitative estimate of drug-likeness (QED) is 0.625. The van der Waals surface area contributed by atoms with E-state index >= 15 is 0 Å². The Morgan fingerprint density at radius 1 is 1.13 bits per heavy atom. The van der Waals surface area contributed by atoms with Gasteiger partial charge in [0.1, 0.15) is 5.69 Å². The highest BCUT2D eigenvalue weighted by Gasteiger charge is 2.48. The lowest BCUT2D eigenvalue weighted by molar-refractivity contribution is -0.141. The van der Waals surface area contributed by atoms with Crippen LogP contribution in [0.1, 0.15) is 67.5 Å². The number of rotatable bonds is 6. The van der Waals surface area contributed by atoms with Crippen molar-refractivity contribution in [3.63, 3.8) is 0 Å². The SMILES string of the molecule is Cc1cc(CNCC[C@@]2(c3ccccn3)CCOC3(CCCC3)C2)cnc1C(F)(F)F. The molecule has 1 N–H and O–H groups in total. The zero-order valence-electron chi connectivity index (χ0n) is 18.0. The fourth-order valence-corrected chi connectivity index (χ4v) is 5.38. The molecule has 1 saturated heterocycles. The first-order chi connectivity index (χ1) is 14.8. The Kier molecular flexibility index (Phi) is 6.35. The van der Waals surface area contributed by atoms with Gasteiger partial charge in [-0.15, -0.1) is 0 Å². The fourth-order valence-electron chi connectivity index (χ4n) is 5.38. The number of aryl methyl sites for hydroxylation is 1. The number of nitrogens with one attached hydrogen (secondary N) is 1. The van der Waals surface area contributed by atoms with Crippen molar-refractivity contribution in [2.45, 2.75) is 75.6 Å². The van der Waals surface area contributed by atoms with Gasteiger partial charge in [-0.25, -0.2) is 0 Å². The topological polar surface area (TPSA) is 47.0 Å². The van der Waals surface area contributed by atoms with E-state index in [0.29, 0.717) is 6.54 Å². The Balaban J connectivity index is 1.42. The van der Waals surface area contributed by atoms with Crippen LogP contribution in [0, 0.1) is 6.92 Å². The molecule has 4 nitrogen and oxygen atoms in total. The molecule has 0 bridgehead atoms. The highest BCUT2D eigenvalue weighted by Crippen LogP contribution is 2.49. The molecular weight excluding hydrogens is 403 g/mol. The van der Waals surface area contributed by atoms with Gasteiger partial charge in [0.25, 0.3) is 0 Å². The average molecular weight is 434 g/mol. The molecule has 2 aromatic rings. The summed E-state index contributed by atoms with van der Waals surface area (Å²) in [5, 5.41) is 3.42. The van der Waals surface area contributed by atoms with Crippen LogP contribution in [0.5, 0.6) is 0 Å². The second kappa shape index (κ2) is 8.87. The van der Waals surface area contributed by atoms with Crippen molar-refractivity contribution in [3.8, 4) is 0 Å². The minimum atomic E-state index is -4.41. The normalized spacial score (nSPS) is 23.4. The largest absolute Gasteiger partial charge is 0.433 e. The molecule has 2 fully saturated rings. The first-order valence-corrected chi connectivity index (χ1v) is 11.1. The number of aromatic nitrogens is 2. The van der Waals surface area contributed by atoms with Crippen LogP contribution in [0.25, 0.3) is 0 Å². The van der Waals surface area contributed by atoms with Crippen molar-refractivity contribution in [2.75, 3.05) is 13.2 Å². The lowest BCUT2D eigenvalue weighted by Gasteiger charge is -2.46. The molecule has 0 aromatic carbocycles. The van der Waals surface area contributed by atoms with E-state index in [-0.39, 0.29) is 16.6 Å². The van der Waals surface area contributed by atoms with E-state index in [9.17, 15) is 13.2 Å². The van der Waals surface area contributed by atoms with Crippen molar-refractivity contribution in [3.05, 3.63) is 59.2 Å². The molecule has 31 heavy (non-hydrogen) atoms. The maximum absolute atomic E-state index is 12.9. The highest BCUT2D eigenvalue weighted by molar-refractivity contribution is 5.26. The molecule has 1 spiro atoms. The van der Waals surface area contributed by atoms with Crippen LogP contribution < -0.4 is 5.32 Å². The van der Waals surface area contributed by atoms with E-state index in [0.717, 1.165) is 56.5 Å². The molecule has 7 heteroatoms. The van der Waals surface area contributed by atoms with Gasteiger partial charge in [-0.1, -0.05) is 25.0 Å². The van der Waals surface area contributed by atoms with Crippen molar-refractivity contribution in [1.82, 2.24) is 15.3 Å². The second-order valence-electron chi connectivity index (χ2n) is 9.09. The van der Waals surface area contributed by atoms with Gasteiger partial charge >= 0.3 is 6.18 Å². The maximum Gasteiger partial charge on any atom is 0.433 e. The van der Waals surface area contributed by atoms with Crippen LogP contribution in [-0.2, 0) is 22.9 Å². The van der Waals surface area contributed by atoms with Crippen LogP contribution in [0.15, 0.2) is 36.7 Å². The van der Waals surface area contributed by atoms with Gasteiger partial charge in [0.2, 0.25) is 0 Å². The van der Waals surface area contributed by atoms with Crippen molar-refractivity contribution in [1.29, 1.82) is 0 Å². The van der Waals surface area contributed by atoms with Crippen molar-refractivity contribution in [2.24, 2.45) is 0 Å². The summed E-state index contributed by atoms with van der Waals surface area (Å²) in [5.74, 6) is 0. The molecule has 4 rings (SSSR count). The van der Waals surface area contributed by atoms with E-state index < -0.39 is 11.9 Å². The summed E-state index contributed by atoms with van der Waals surface area (Å²) in [6.07, 6.45) is 6.28. The average Bonchev–Trinajstić information content (AvgIpc) is 3.18. The van der Waals surface area contributed by atoms with Gasteiger partial charge in [0.05, 0.1) is 5.60 Å². The molecule has 2 aliphatic rings. The standard InChI is InChI=1S/C24H30F3N3O/c1-18-14-19(16-30-21(18)24(25,26)27)15-28-12-9-22(20-6-2-5-11-29-20)10-13-31-23(17-22)7-3-4-8-23/h2,5-6,11,14,16,28H,3-4,7-10,12-13,15,17H2,1H3/t22-/m1/s1. The van der Waals surface area contributed by atoms with Crippen molar-refractivity contribution < 1.29 is 17.9 Å². The lowest BCUT2D eigenvalue weighted by atomic mass is 9.68. The molecule has 0 unspecified atom stereocenters. The summed E-state index contributed by atoms with van der Waals surface area (Å²) in [6.45, 7) is 3.45. The highest BCUT2D eigenvalue weighted by atomic mass is 19.4. The van der Waals surface area contributed by atoms with Crippen LogP contribution in [-0.4, -0.2) is 28.7 Å². The lowest BCUT2D eigenvalue weighted by Crippen LogP contribution is -2.47. The molecular formula is C24H30F3N3O. The third-order valence-corrected chi connectivity index (χ3v) is 6.89. The number of hydrogen-bond donors (Lipinski definition) is 1. The van der Waals surface area contributed by atoms with E-state index in [1.54, 1.807) is 6.07 Å². The van der Waals surface area contributed by atoms with Crippen LogP contribution in [0.4, 0.5) is 13.2 Å². The van der Waals surface area contributed by atoms with Gasteiger partial charge in [0.15, 0.2) is 0 Å². The Morgan fingerprint density at radius 3 is 2.61 bits per heavy atom. The molecule has 3 heterocycles. The number of hydrogen-bond acceptors (Lipinski definition) is 4. The van der Waals surface area contributed by atoms with Crippen molar-refractivity contribution >= 4 is 0 Å². The van der Waals surface area contributed by atoms with Gasteiger partial charge in [-0.3, -0.25) is 9.97 Å². The van der Waals surface area contributed by atoms with Crippen LogP contribution in [0.3, 0.4) is 0 Å². The minimum absolute atomic E-state index is 0.0236. The third kappa shape index (κ3) is 4.93. The van der Waals surface area contributed by atoms with E-state index in [1.807, 2.05) is 18.3 Å². The number of ether oxygens (including phenoxy) is 1. The van der Waals surface area contributed by atoms with Crippen LogP contribution >= 0.6 is 0 Å². The predicted octanol–water partition coefficient (Wildman–Crippen LogP) is 5.34. The summed E-state index contributed by atoms with van der Waals surface area (Å²) >= 11 is 0. The van der Waals surface area contributed by atoms with Gasteiger partial charge in [0, 0.05) is 36.7 Å². The van der Waals surface area contributed by atoms with E-state index in [2.05, 4.69) is 16.4 Å². The Labute approximate surface area is 181 Å². The smallest absolute Gasteiger partial charge is 0.375 e. The predicted molar refractivity (Wildman–Crippen MR) is 113 cm³/mol. The maximum atomic E-state index is 12.9. The summed E-state index contributed by atoms with van der Waals surface area (Å²) in [6, 6.07) is 7.68. The number of alkyl halides is 3. The number of pyridine rings is 2. The molecule has 1 aliphatic carbocycles. The Morgan fingerprint density at radius 2 is 1.94 bits per heavy atom. The fraction of sp³-hybridized carbons (Fsp3) is 0.583. The summed E-state index contributed by atoms with van der Waals surface area (Å²) in [4.78, 5) is 8.35. The monoisotopic (exact) mass is 433 g/mol. The van der Waals surface area contributed by atoms with Gasteiger partial charge in [-0.05, 0) is 68.8 Å². The molecule has 0 amide bonds. The minimum Gasteiger partial charge on any atom is -0.375 e. The zero-order valence-corrected chi connectivity index (χ0v) is 18.0. The third-order valence-electron chi connectivity index (χ3n) is 6.89.